The average molecular weight is 144 g/mol. The summed E-state index contributed by atoms with van der Waals surface area (Å²) in [5.74, 6) is -1.09. The maximum absolute atomic E-state index is 10.7. The Bertz CT molecular complexity index is 129. The van der Waals surface area contributed by atoms with Gasteiger partial charge in [-0.25, -0.2) is 0 Å². The monoisotopic (exact) mass is 144 g/mol. The zero-order chi connectivity index (χ0) is 8.15. The van der Waals surface area contributed by atoms with Gasteiger partial charge in [-0.05, 0) is 20.8 Å². The van der Waals surface area contributed by atoms with Gasteiger partial charge in [-0.1, -0.05) is 0 Å². The summed E-state index contributed by atoms with van der Waals surface area (Å²) in [5, 5.41) is 0. The van der Waals surface area contributed by atoms with Crippen LogP contribution >= 0.6 is 0 Å². The van der Waals surface area contributed by atoms with Gasteiger partial charge in [0.2, 0.25) is 0 Å². The molecule has 0 bridgehead atoms. The highest BCUT2D eigenvalue weighted by molar-refractivity contribution is 5.87. The molecule has 1 unspecified atom stereocenters. The van der Waals surface area contributed by atoms with E-state index >= 15 is 0 Å². The van der Waals surface area contributed by atoms with Crippen LogP contribution in [0.4, 0.5) is 0 Å². The molecule has 0 saturated heterocycles. The van der Waals surface area contributed by atoms with Crippen LogP contribution < -0.4 is 0 Å². The van der Waals surface area contributed by atoms with E-state index in [4.69, 9.17) is 4.74 Å². The molecule has 0 aliphatic heterocycles. The van der Waals surface area contributed by atoms with Crippen LogP contribution in [0.3, 0.4) is 0 Å². The van der Waals surface area contributed by atoms with Crippen LogP contribution in [0.25, 0.3) is 0 Å². The Hall–Kier alpha value is -0.860. The van der Waals surface area contributed by atoms with Crippen molar-refractivity contribution in [1.82, 2.24) is 0 Å². The van der Waals surface area contributed by atoms with Gasteiger partial charge in [0.05, 0.1) is 6.10 Å². The first-order valence-electron chi connectivity index (χ1n) is 3.23. The summed E-state index contributed by atoms with van der Waals surface area (Å²) in [6, 6.07) is 0. The smallest absolute Gasteiger partial charge is 0.316 e. The second-order valence-electron chi connectivity index (χ2n) is 2.41. The van der Waals surface area contributed by atoms with E-state index in [0.717, 1.165) is 0 Å². The molecular formula is C7H12O3. The first kappa shape index (κ1) is 9.14. The van der Waals surface area contributed by atoms with Crippen LogP contribution in [-0.2, 0) is 14.3 Å². The second-order valence-corrected chi connectivity index (χ2v) is 2.41. The Morgan fingerprint density at radius 2 is 1.90 bits per heavy atom. The fourth-order valence-corrected chi connectivity index (χ4v) is 0.395. The van der Waals surface area contributed by atoms with Gasteiger partial charge in [0, 0.05) is 0 Å². The van der Waals surface area contributed by atoms with Crippen molar-refractivity contribution in [1.29, 1.82) is 0 Å². The molecule has 0 heterocycles. The number of hydrogen-bond acceptors (Lipinski definition) is 3. The lowest BCUT2D eigenvalue weighted by Crippen LogP contribution is -2.19. The van der Waals surface area contributed by atoms with E-state index in [1.807, 2.05) is 0 Å². The molecule has 0 aromatic heterocycles. The number of ether oxygens (including phenoxy) is 1. The van der Waals surface area contributed by atoms with E-state index in [9.17, 15) is 9.59 Å². The Balaban J connectivity index is 3.73. The average Bonchev–Trinajstić information content (AvgIpc) is 1.85. The van der Waals surface area contributed by atoms with E-state index in [1.54, 1.807) is 13.8 Å². The number of hydrogen-bond donors (Lipinski definition) is 0. The molecule has 3 nitrogen and oxygen atoms in total. The molecule has 0 fully saturated rings. The highest BCUT2D eigenvalue weighted by Gasteiger charge is 2.13. The number of esters is 1. The van der Waals surface area contributed by atoms with E-state index in [-0.39, 0.29) is 6.10 Å². The van der Waals surface area contributed by atoms with Gasteiger partial charge in [0.15, 0.2) is 0 Å². The summed E-state index contributed by atoms with van der Waals surface area (Å²) < 4.78 is 4.73. The molecule has 0 amide bonds. The molecule has 0 spiro atoms. The van der Waals surface area contributed by atoms with Crippen LogP contribution in [-0.4, -0.2) is 18.4 Å². The lowest BCUT2D eigenvalue weighted by molar-refractivity contribution is -0.152. The van der Waals surface area contributed by atoms with Crippen LogP contribution in [0, 0.1) is 5.92 Å². The van der Waals surface area contributed by atoms with Crippen molar-refractivity contribution in [3.05, 3.63) is 0 Å². The molecule has 0 N–H and O–H groups in total. The Morgan fingerprint density at radius 3 is 2.20 bits per heavy atom. The van der Waals surface area contributed by atoms with Gasteiger partial charge in [0.1, 0.15) is 12.2 Å². The maximum Gasteiger partial charge on any atom is 0.316 e. The number of rotatable bonds is 3. The normalized spacial score (nSPS) is 12.8. The van der Waals surface area contributed by atoms with E-state index in [1.165, 1.54) is 6.92 Å². The van der Waals surface area contributed by atoms with Gasteiger partial charge in [0.25, 0.3) is 0 Å². The third-order valence-electron chi connectivity index (χ3n) is 0.928. The predicted molar refractivity (Wildman–Crippen MR) is 36.5 cm³/mol. The maximum atomic E-state index is 10.7. The van der Waals surface area contributed by atoms with Gasteiger partial charge in [-0.2, -0.15) is 0 Å². The van der Waals surface area contributed by atoms with Crippen molar-refractivity contribution in [2.75, 3.05) is 0 Å². The minimum atomic E-state index is -0.637. The van der Waals surface area contributed by atoms with Crippen molar-refractivity contribution in [3.63, 3.8) is 0 Å². The van der Waals surface area contributed by atoms with Crippen LogP contribution in [0.15, 0.2) is 0 Å². The van der Waals surface area contributed by atoms with Crippen LogP contribution in [0.2, 0.25) is 0 Å². The van der Waals surface area contributed by atoms with E-state index < -0.39 is 11.9 Å². The molecular weight excluding hydrogens is 132 g/mol. The predicted octanol–water partition coefficient (Wildman–Crippen LogP) is 0.773. The fourth-order valence-electron chi connectivity index (χ4n) is 0.395. The topological polar surface area (TPSA) is 43.4 Å². The Morgan fingerprint density at radius 1 is 1.40 bits per heavy atom. The van der Waals surface area contributed by atoms with Crippen molar-refractivity contribution in [3.8, 4) is 0 Å². The van der Waals surface area contributed by atoms with E-state index in [0.29, 0.717) is 6.29 Å². The zero-order valence-electron chi connectivity index (χ0n) is 6.46. The largest absolute Gasteiger partial charge is 0.462 e. The molecule has 58 valence electrons. The summed E-state index contributed by atoms with van der Waals surface area (Å²) in [6.45, 7) is 5.00. The molecule has 0 saturated carbocycles. The summed E-state index contributed by atoms with van der Waals surface area (Å²) in [7, 11) is 0. The lowest BCUT2D eigenvalue weighted by Gasteiger charge is -2.08. The second kappa shape index (κ2) is 4.04. The summed E-state index contributed by atoms with van der Waals surface area (Å²) >= 11 is 0. The molecule has 0 rings (SSSR count). The third kappa shape index (κ3) is 3.22. The minimum absolute atomic E-state index is 0.144. The standard InChI is InChI=1S/C7H12O3/c1-5(2)10-7(9)6(3)4-8/h4-6H,1-3H3. The number of carbonyl (C=O) groups is 2. The molecule has 1 atom stereocenters. The van der Waals surface area contributed by atoms with Crippen molar-refractivity contribution in [2.24, 2.45) is 5.92 Å². The summed E-state index contributed by atoms with van der Waals surface area (Å²) in [6.07, 6.45) is 0.431. The SMILES string of the molecule is CC(C)OC(=O)C(C)C=O. The first-order chi connectivity index (χ1) is 4.57. The molecule has 0 aliphatic carbocycles. The van der Waals surface area contributed by atoms with Gasteiger partial charge >= 0.3 is 5.97 Å². The molecule has 10 heavy (non-hydrogen) atoms. The van der Waals surface area contributed by atoms with Gasteiger partial charge in [-0.3, -0.25) is 4.79 Å². The quantitative estimate of drug-likeness (QED) is 0.334. The van der Waals surface area contributed by atoms with Gasteiger partial charge < -0.3 is 9.53 Å². The summed E-state index contributed by atoms with van der Waals surface area (Å²) in [4.78, 5) is 20.8. The number of carbonyl (C=O) groups excluding carboxylic acids is 2. The molecule has 3 heteroatoms. The third-order valence-corrected chi connectivity index (χ3v) is 0.928. The minimum Gasteiger partial charge on any atom is -0.462 e. The van der Waals surface area contributed by atoms with Crippen molar-refractivity contribution < 1.29 is 14.3 Å². The fraction of sp³-hybridized carbons (Fsp3) is 0.714. The van der Waals surface area contributed by atoms with Crippen molar-refractivity contribution >= 4 is 12.3 Å². The van der Waals surface area contributed by atoms with Crippen LogP contribution in [0.5, 0.6) is 0 Å². The molecule has 0 radical (unpaired) electrons. The summed E-state index contributed by atoms with van der Waals surface area (Å²) in [5.41, 5.74) is 0. The Labute approximate surface area is 60.4 Å². The lowest BCUT2D eigenvalue weighted by atomic mass is 10.2. The van der Waals surface area contributed by atoms with E-state index in [2.05, 4.69) is 0 Å². The van der Waals surface area contributed by atoms with Crippen LogP contribution in [0.1, 0.15) is 20.8 Å². The first-order valence-corrected chi connectivity index (χ1v) is 3.23. The molecule has 0 aliphatic rings. The van der Waals surface area contributed by atoms with Crippen molar-refractivity contribution in [2.45, 2.75) is 26.9 Å². The number of aldehydes is 1. The zero-order valence-corrected chi connectivity index (χ0v) is 6.46. The molecule has 0 aromatic rings. The highest BCUT2D eigenvalue weighted by Crippen LogP contribution is 1.97. The van der Waals surface area contributed by atoms with Gasteiger partial charge in [-0.15, -0.1) is 0 Å². The molecule has 0 aromatic carbocycles. The highest BCUT2D eigenvalue weighted by atomic mass is 16.5. The Kier molecular flexibility index (Phi) is 3.69.